The van der Waals surface area contributed by atoms with Crippen molar-refractivity contribution in [3.63, 3.8) is 0 Å². The Morgan fingerprint density at radius 3 is 2.71 bits per heavy atom. The second-order valence-corrected chi connectivity index (χ2v) is 9.38. The molecule has 2 atom stereocenters. The number of likely N-dealkylation sites (N-methyl/N-ethyl adjacent to an activating group) is 1. The molecule has 1 heterocycles. The Hall–Kier alpha value is -2.59. The quantitative estimate of drug-likeness (QED) is 0.391. The van der Waals surface area contributed by atoms with E-state index >= 15 is 0 Å². The van der Waals surface area contributed by atoms with Crippen molar-refractivity contribution in [2.75, 3.05) is 25.0 Å². The van der Waals surface area contributed by atoms with Crippen molar-refractivity contribution >= 4 is 58.4 Å². The van der Waals surface area contributed by atoms with Gasteiger partial charge in [0, 0.05) is 25.7 Å². The summed E-state index contributed by atoms with van der Waals surface area (Å²) >= 11 is 11.3. The lowest BCUT2D eigenvalue weighted by molar-refractivity contribution is -0.146. The van der Waals surface area contributed by atoms with Crippen molar-refractivity contribution < 1.29 is 23.6 Å². The van der Waals surface area contributed by atoms with Gasteiger partial charge in [0.25, 0.3) is 5.91 Å². The minimum atomic E-state index is -1.13. The number of hydrogen-bond donors (Lipinski definition) is 1. The number of anilines is 1. The van der Waals surface area contributed by atoms with Crippen LogP contribution in [0.2, 0.25) is 5.02 Å². The Morgan fingerprint density at radius 2 is 2.06 bits per heavy atom. The summed E-state index contributed by atoms with van der Waals surface area (Å²) in [5.74, 6) is -3.16. The SMILES string of the molecule is CCCCN(C=S)C(=O)C(=O)N(C)c1cc(C2=NOC3(C(=O)NCCC)CCCC23)c(Cl)cc1F. The van der Waals surface area contributed by atoms with Gasteiger partial charge in [-0.2, -0.15) is 0 Å². The number of benzene rings is 1. The molecule has 0 saturated heterocycles. The number of unbranched alkanes of at least 4 members (excludes halogenated alkanes) is 1. The Bertz CT molecular complexity index is 1050. The van der Waals surface area contributed by atoms with Crippen LogP contribution in [0.25, 0.3) is 0 Å². The molecule has 1 N–H and O–H groups in total. The van der Waals surface area contributed by atoms with Crippen molar-refractivity contribution in [3.05, 3.63) is 28.5 Å². The van der Waals surface area contributed by atoms with E-state index in [2.05, 4.69) is 10.5 Å². The first-order valence-electron chi connectivity index (χ1n) is 11.8. The van der Waals surface area contributed by atoms with Crippen LogP contribution in [0.5, 0.6) is 0 Å². The maximum Gasteiger partial charge on any atom is 0.317 e. The molecule has 190 valence electrons. The van der Waals surface area contributed by atoms with Crippen molar-refractivity contribution in [1.82, 2.24) is 10.2 Å². The fourth-order valence-electron chi connectivity index (χ4n) is 4.47. The van der Waals surface area contributed by atoms with Gasteiger partial charge in [-0.05, 0) is 44.2 Å². The first-order chi connectivity index (χ1) is 16.7. The van der Waals surface area contributed by atoms with E-state index in [1.54, 1.807) is 0 Å². The molecular weight excluding hydrogens is 495 g/mol. The summed E-state index contributed by atoms with van der Waals surface area (Å²) in [4.78, 5) is 46.2. The molecule has 3 rings (SSSR count). The maximum absolute atomic E-state index is 14.9. The van der Waals surface area contributed by atoms with Gasteiger partial charge >= 0.3 is 11.8 Å². The van der Waals surface area contributed by atoms with Crippen molar-refractivity contribution in [2.45, 2.75) is 58.0 Å². The van der Waals surface area contributed by atoms with Crippen LogP contribution in [-0.4, -0.2) is 59.6 Å². The van der Waals surface area contributed by atoms with Crippen LogP contribution in [0.4, 0.5) is 10.1 Å². The fraction of sp³-hybridized carbons (Fsp3) is 0.542. The average molecular weight is 525 g/mol. The highest BCUT2D eigenvalue weighted by Crippen LogP contribution is 2.46. The average Bonchev–Trinajstić information content (AvgIpc) is 3.43. The lowest BCUT2D eigenvalue weighted by Gasteiger charge is -2.26. The zero-order valence-corrected chi connectivity index (χ0v) is 21.7. The highest BCUT2D eigenvalue weighted by molar-refractivity contribution is 7.78. The van der Waals surface area contributed by atoms with E-state index in [4.69, 9.17) is 28.7 Å². The van der Waals surface area contributed by atoms with Crippen LogP contribution in [0.1, 0.15) is 57.9 Å². The molecule has 1 aromatic rings. The molecule has 1 aliphatic heterocycles. The molecule has 8 nitrogen and oxygen atoms in total. The summed E-state index contributed by atoms with van der Waals surface area (Å²) in [5, 5.41) is 7.14. The van der Waals surface area contributed by atoms with E-state index in [0.29, 0.717) is 43.6 Å². The van der Waals surface area contributed by atoms with Crippen LogP contribution in [0.15, 0.2) is 17.3 Å². The van der Waals surface area contributed by atoms with Crippen molar-refractivity contribution in [1.29, 1.82) is 0 Å². The van der Waals surface area contributed by atoms with Crippen LogP contribution < -0.4 is 10.2 Å². The predicted octanol–water partition coefficient (Wildman–Crippen LogP) is 3.83. The number of nitrogens with one attached hydrogen (secondary N) is 1. The summed E-state index contributed by atoms with van der Waals surface area (Å²) in [7, 11) is 1.31. The van der Waals surface area contributed by atoms with Crippen LogP contribution in [-0.2, 0) is 19.2 Å². The number of amides is 3. The Morgan fingerprint density at radius 1 is 1.31 bits per heavy atom. The zero-order valence-electron chi connectivity index (χ0n) is 20.1. The normalized spacial score (nSPS) is 20.5. The molecule has 2 aliphatic rings. The van der Waals surface area contributed by atoms with Gasteiger partial charge in [-0.3, -0.25) is 14.4 Å². The molecular formula is C24H30ClFN4O4S. The van der Waals surface area contributed by atoms with E-state index in [-0.39, 0.29) is 22.5 Å². The lowest BCUT2D eigenvalue weighted by atomic mass is 9.84. The van der Waals surface area contributed by atoms with E-state index in [1.165, 1.54) is 13.1 Å². The second kappa shape index (κ2) is 11.4. The van der Waals surface area contributed by atoms with Crippen LogP contribution in [0, 0.1) is 11.7 Å². The Labute approximate surface area is 214 Å². The molecule has 1 aliphatic carbocycles. The van der Waals surface area contributed by atoms with Crippen molar-refractivity contribution in [3.8, 4) is 0 Å². The van der Waals surface area contributed by atoms with E-state index in [1.807, 2.05) is 13.8 Å². The summed E-state index contributed by atoms with van der Waals surface area (Å²) in [6.45, 7) is 4.72. The van der Waals surface area contributed by atoms with Crippen LogP contribution in [0.3, 0.4) is 0 Å². The fourth-order valence-corrected chi connectivity index (χ4v) is 4.92. The summed E-state index contributed by atoms with van der Waals surface area (Å²) in [5.41, 5.74) is 0.637. The third kappa shape index (κ3) is 5.18. The number of hydrogen-bond acceptors (Lipinski definition) is 6. The predicted molar refractivity (Wildman–Crippen MR) is 136 cm³/mol. The van der Waals surface area contributed by atoms with Gasteiger partial charge in [0.15, 0.2) is 0 Å². The molecule has 0 aromatic heterocycles. The summed E-state index contributed by atoms with van der Waals surface area (Å²) in [6, 6.07) is 2.44. The van der Waals surface area contributed by atoms with Gasteiger partial charge in [0.1, 0.15) is 5.82 Å². The standard InChI is InChI=1S/C24H30ClFN4O4S/c1-4-6-11-30(14-35)22(32)21(31)29(3)19-12-15(17(25)13-18(19)26)20-16-8-7-9-24(16,34-28-20)23(33)27-10-5-2/h12-14,16H,4-11H2,1-3H3,(H,27,33). The van der Waals surface area contributed by atoms with Crippen molar-refractivity contribution in [2.24, 2.45) is 11.1 Å². The largest absolute Gasteiger partial charge is 0.378 e. The van der Waals surface area contributed by atoms with Gasteiger partial charge in [-0.25, -0.2) is 4.39 Å². The first-order valence-corrected chi connectivity index (χ1v) is 12.6. The highest BCUT2D eigenvalue weighted by atomic mass is 35.5. The van der Waals surface area contributed by atoms with Crippen LogP contribution >= 0.6 is 23.8 Å². The summed E-state index contributed by atoms with van der Waals surface area (Å²) < 4.78 is 14.9. The number of fused-ring (bicyclic) bond motifs is 1. The van der Waals surface area contributed by atoms with E-state index in [9.17, 15) is 18.8 Å². The topological polar surface area (TPSA) is 91.3 Å². The molecule has 1 saturated carbocycles. The minimum Gasteiger partial charge on any atom is -0.378 e. The molecule has 2 unspecified atom stereocenters. The Balaban J connectivity index is 1.90. The monoisotopic (exact) mass is 524 g/mol. The Kier molecular flexibility index (Phi) is 8.82. The van der Waals surface area contributed by atoms with Gasteiger partial charge in [-0.15, -0.1) is 0 Å². The third-order valence-electron chi connectivity index (χ3n) is 6.46. The molecule has 0 radical (unpaired) electrons. The van der Waals surface area contributed by atoms with Gasteiger partial charge in [-0.1, -0.05) is 49.2 Å². The lowest BCUT2D eigenvalue weighted by Crippen LogP contribution is -2.50. The molecule has 0 bridgehead atoms. The highest BCUT2D eigenvalue weighted by Gasteiger charge is 2.58. The molecule has 1 aromatic carbocycles. The van der Waals surface area contributed by atoms with E-state index < -0.39 is 23.2 Å². The van der Waals surface area contributed by atoms with Gasteiger partial charge in [0.2, 0.25) is 5.60 Å². The number of carbonyl (C=O) groups is 3. The maximum atomic E-state index is 14.9. The molecule has 3 amide bonds. The number of rotatable bonds is 9. The third-order valence-corrected chi connectivity index (χ3v) is 7.03. The molecule has 0 spiro atoms. The van der Waals surface area contributed by atoms with Gasteiger partial charge < -0.3 is 20.0 Å². The first kappa shape index (κ1) is 27.0. The molecule has 35 heavy (non-hydrogen) atoms. The number of nitrogens with zero attached hydrogens (tertiary/aromatic N) is 3. The zero-order chi connectivity index (χ0) is 25.8. The minimum absolute atomic E-state index is 0.0703. The number of halogens is 2. The molecule has 1 fully saturated rings. The number of oxime groups is 1. The van der Waals surface area contributed by atoms with Gasteiger partial charge in [0.05, 0.1) is 27.8 Å². The number of thiocarbonyl (C=S) groups is 1. The molecule has 11 heteroatoms. The summed E-state index contributed by atoms with van der Waals surface area (Å²) in [6.07, 6.45) is 4.18. The smallest absolute Gasteiger partial charge is 0.317 e. The van der Waals surface area contributed by atoms with E-state index in [0.717, 1.165) is 40.6 Å². The number of carbonyl (C=O) groups excluding carboxylic acids is 3. The second-order valence-electron chi connectivity index (χ2n) is 8.76.